The highest BCUT2D eigenvalue weighted by Crippen LogP contribution is 2.48. The molecule has 1 aliphatic rings. The molecule has 0 bridgehead atoms. The molecule has 1 amide bonds. The number of carboxylic acid groups (broad SMARTS) is 1. The molecule has 2 atom stereocenters. The predicted octanol–water partition coefficient (Wildman–Crippen LogP) is 3.80. The summed E-state index contributed by atoms with van der Waals surface area (Å²) in [7, 11) is 1.63. The third kappa shape index (κ3) is 3.57. The maximum Gasteiger partial charge on any atom is 0.313 e. The molecule has 0 aliphatic heterocycles. The van der Waals surface area contributed by atoms with Crippen LogP contribution in [0.2, 0.25) is 0 Å². The molecule has 26 heavy (non-hydrogen) atoms. The Kier molecular flexibility index (Phi) is 4.72. The molecule has 0 spiro atoms. The molecule has 0 saturated heterocycles. The van der Waals surface area contributed by atoms with E-state index in [9.17, 15) is 14.7 Å². The Morgan fingerprint density at radius 1 is 1.15 bits per heavy atom. The first kappa shape index (κ1) is 18.0. The second-order valence-corrected chi connectivity index (χ2v) is 7.22. The summed E-state index contributed by atoms with van der Waals surface area (Å²) in [5, 5.41) is 12.2. The van der Waals surface area contributed by atoms with Gasteiger partial charge in [0.05, 0.1) is 12.5 Å². The Bertz CT molecular complexity index is 826. The number of aliphatic carboxylic acids is 1. The number of hydrogen-bond donors (Lipinski definition) is 2. The summed E-state index contributed by atoms with van der Waals surface area (Å²) in [5.74, 6) is 0.0780. The molecule has 1 saturated carbocycles. The van der Waals surface area contributed by atoms with E-state index in [1.165, 1.54) is 0 Å². The Morgan fingerprint density at radius 3 is 2.46 bits per heavy atom. The number of benzene rings is 2. The lowest BCUT2D eigenvalue weighted by atomic mass is 9.85. The van der Waals surface area contributed by atoms with Gasteiger partial charge in [-0.25, -0.2) is 0 Å². The minimum Gasteiger partial charge on any atom is -0.497 e. The molecule has 136 valence electrons. The van der Waals surface area contributed by atoms with Crippen LogP contribution >= 0.6 is 0 Å². The van der Waals surface area contributed by atoms with Gasteiger partial charge in [0.15, 0.2) is 0 Å². The van der Waals surface area contributed by atoms with E-state index in [1.54, 1.807) is 45.2 Å². The maximum atomic E-state index is 12.5. The highest BCUT2D eigenvalue weighted by atomic mass is 16.5. The number of carboxylic acids is 1. The van der Waals surface area contributed by atoms with E-state index in [1.807, 2.05) is 24.3 Å². The molecule has 0 heterocycles. The summed E-state index contributed by atoms with van der Waals surface area (Å²) in [6.45, 7) is 3.32. The Labute approximate surface area is 153 Å². The average Bonchev–Trinajstić information content (AvgIpc) is 3.43. The third-order valence-corrected chi connectivity index (χ3v) is 5.06. The van der Waals surface area contributed by atoms with Crippen molar-refractivity contribution in [2.75, 3.05) is 12.4 Å². The largest absolute Gasteiger partial charge is 0.497 e. The molecule has 0 aromatic heterocycles. The van der Waals surface area contributed by atoms with Gasteiger partial charge < -0.3 is 15.2 Å². The summed E-state index contributed by atoms with van der Waals surface area (Å²) < 4.78 is 5.24. The Morgan fingerprint density at radius 2 is 1.85 bits per heavy atom. The van der Waals surface area contributed by atoms with E-state index in [2.05, 4.69) is 5.32 Å². The zero-order chi connectivity index (χ0) is 18.9. The minimum atomic E-state index is -0.962. The van der Waals surface area contributed by atoms with Gasteiger partial charge in [-0.1, -0.05) is 24.3 Å². The summed E-state index contributed by atoms with van der Waals surface area (Å²) >= 11 is 0. The SMILES string of the molecule is COc1cccc(C2CC2C(=O)Nc2ccc(C(C)(C)C(=O)O)cc2)c1. The molecule has 2 aromatic carbocycles. The van der Waals surface area contributed by atoms with Crippen LogP contribution in [-0.2, 0) is 15.0 Å². The predicted molar refractivity (Wildman–Crippen MR) is 99.6 cm³/mol. The second-order valence-electron chi connectivity index (χ2n) is 7.22. The van der Waals surface area contributed by atoms with Crippen LogP contribution in [0.5, 0.6) is 5.75 Å². The van der Waals surface area contributed by atoms with Crippen LogP contribution < -0.4 is 10.1 Å². The first-order valence-electron chi connectivity index (χ1n) is 8.61. The quantitative estimate of drug-likeness (QED) is 0.828. The number of carbonyl (C=O) groups is 2. The van der Waals surface area contributed by atoms with E-state index in [4.69, 9.17) is 4.74 Å². The maximum absolute atomic E-state index is 12.5. The van der Waals surface area contributed by atoms with E-state index in [0.29, 0.717) is 11.3 Å². The van der Waals surface area contributed by atoms with Gasteiger partial charge >= 0.3 is 5.97 Å². The number of methoxy groups -OCH3 is 1. The van der Waals surface area contributed by atoms with Crippen LogP contribution in [0.3, 0.4) is 0 Å². The third-order valence-electron chi connectivity index (χ3n) is 5.06. The summed E-state index contributed by atoms with van der Waals surface area (Å²) in [6, 6.07) is 14.8. The molecular formula is C21H23NO4. The van der Waals surface area contributed by atoms with Crippen molar-refractivity contribution in [3.8, 4) is 5.75 Å². The van der Waals surface area contributed by atoms with Crippen LogP contribution in [0.15, 0.2) is 48.5 Å². The monoisotopic (exact) mass is 353 g/mol. The van der Waals surface area contributed by atoms with Gasteiger partial charge in [0, 0.05) is 11.6 Å². The molecule has 2 unspecified atom stereocenters. The average molecular weight is 353 g/mol. The van der Waals surface area contributed by atoms with Gasteiger partial charge in [0.1, 0.15) is 5.75 Å². The van der Waals surface area contributed by atoms with Crippen LogP contribution in [0.4, 0.5) is 5.69 Å². The summed E-state index contributed by atoms with van der Waals surface area (Å²) in [4.78, 5) is 23.8. The minimum absolute atomic E-state index is 0.0111. The molecule has 2 N–H and O–H groups in total. The van der Waals surface area contributed by atoms with Gasteiger partial charge in [-0.3, -0.25) is 9.59 Å². The number of carbonyl (C=O) groups excluding carboxylic acids is 1. The van der Waals surface area contributed by atoms with Crippen LogP contribution in [-0.4, -0.2) is 24.1 Å². The summed E-state index contributed by atoms with van der Waals surface area (Å²) in [6.07, 6.45) is 0.823. The molecule has 5 heteroatoms. The normalized spacial score (nSPS) is 18.9. The lowest BCUT2D eigenvalue weighted by Gasteiger charge is -2.19. The first-order chi connectivity index (χ1) is 12.3. The van der Waals surface area contributed by atoms with Gasteiger partial charge in [0.2, 0.25) is 5.91 Å². The van der Waals surface area contributed by atoms with Crippen molar-refractivity contribution in [1.29, 1.82) is 0 Å². The van der Waals surface area contributed by atoms with Crippen molar-refractivity contribution in [2.24, 2.45) is 5.92 Å². The lowest BCUT2D eigenvalue weighted by molar-refractivity contribution is -0.142. The number of amides is 1. The van der Waals surface area contributed by atoms with E-state index < -0.39 is 11.4 Å². The van der Waals surface area contributed by atoms with Crippen LogP contribution in [0.25, 0.3) is 0 Å². The van der Waals surface area contributed by atoms with Gasteiger partial charge in [0.25, 0.3) is 0 Å². The van der Waals surface area contributed by atoms with Crippen molar-refractivity contribution in [1.82, 2.24) is 0 Å². The number of hydrogen-bond acceptors (Lipinski definition) is 3. The highest BCUT2D eigenvalue weighted by molar-refractivity contribution is 5.95. The van der Waals surface area contributed by atoms with Crippen molar-refractivity contribution < 1.29 is 19.4 Å². The fourth-order valence-electron chi connectivity index (χ4n) is 3.05. The summed E-state index contributed by atoms with van der Waals surface area (Å²) in [5.41, 5.74) is 1.53. The molecule has 3 rings (SSSR count). The smallest absolute Gasteiger partial charge is 0.313 e. The fraction of sp³-hybridized carbons (Fsp3) is 0.333. The zero-order valence-corrected chi connectivity index (χ0v) is 15.2. The van der Waals surface area contributed by atoms with Crippen LogP contribution in [0, 0.1) is 5.92 Å². The number of nitrogens with one attached hydrogen (secondary N) is 1. The van der Waals surface area contributed by atoms with E-state index in [-0.39, 0.29) is 17.7 Å². The standard InChI is InChI=1S/C21H23NO4/c1-21(2,20(24)25)14-7-9-15(10-8-14)22-19(23)18-12-17(18)13-5-4-6-16(11-13)26-3/h4-11,17-18H,12H2,1-3H3,(H,22,23)(H,24,25). The van der Waals surface area contributed by atoms with Crippen molar-refractivity contribution in [3.05, 3.63) is 59.7 Å². The number of ether oxygens (including phenoxy) is 1. The molecule has 0 radical (unpaired) electrons. The molecular weight excluding hydrogens is 330 g/mol. The van der Waals surface area contributed by atoms with Crippen molar-refractivity contribution in [2.45, 2.75) is 31.6 Å². The van der Waals surface area contributed by atoms with E-state index >= 15 is 0 Å². The molecule has 1 aliphatic carbocycles. The Balaban J connectivity index is 1.63. The van der Waals surface area contributed by atoms with Crippen molar-refractivity contribution >= 4 is 17.6 Å². The fourth-order valence-corrected chi connectivity index (χ4v) is 3.05. The number of anilines is 1. The van der Waals surface area contributed by atoms with Crippen molar-refractivity contribution in [3.63, 3.8) is 0 Å². The zero-order valence-electron chi connectivity index (χ0n) is 15.2. The molecule has 5 nitrogen and oxygen atoms in total. The Hall–Kier alpha value is -2.82. The molecule has 1 fully saturated rings. The van der Waals surface area contributed by atoms with Gasteiger partial charge in [-0.05, 0) is 61.6 Å². The number of rotatable bonds is 6. The van der Waals surface area contributed by atoms with Gasteiger partial charge in [-0.15, -0.1) is 0 Å². The second kappa shape index (κ2) is 6.83. The van der Waals surface area contributed by atoms with E-state index in [0.717, 1.165) is 17.7 Å². The lowest BCUT2D eigenvalue weighted by Crippen LogP contribution is -2.28. The van der Waals surface area contributed by atoms with Crippen LogP contribution in [0.1, 0.15) is 37.3 Å². The first-order valence-corrected chi connectivity index (χ1v) is 8.61. The highest BCUT2D eigenvalue weighted by Gasteiger charge is 2.44. The van der Waals surface area contributed by atoms with Gasteiger partial charge in [-0.2, -0.15) is 0 Å². The topological polar surface area (TPSA) is 75.6 Å². The molecule has 2 aromatic rings.